The summed E-state index contributed by atoms with van der Waals surface area (Å²) in [5, 5.41) is 4.36. The van der Waals surface area contributed by atoms with Crippen molar-refractivity contribution >= 4 is 28.9 Å². The van der Waals surface area contributed by atoms with E-state index in [1.807, 2.05) is 30.0 Å². The summed E-state index contributed by atoms with van der Waals surface area (Å²) in [7, 11) is 0. The maximum atomic E-state index is 5.97. The Morgan fingerprint density at radius 2 is 1.50 bits per heavy atom. The van der Waals surface area contributed by atoms with E-state index < -0.39 is 0 Å². The third-order valence-electron chi connectivity index (χ3n) is 7.18. The van der Waals surface area contributed by atoms with Crippen LogP contribution >= 0.6 is 11.8 Å². The molecule has 5 rings (SSSR count). The van der Waals surface area contributed by atoms with Crippen LogP contribution in [0.5, 0.6) is 0 Å². The first-order valence-corrected chi connectivity index (χ1v) is 15.8. The Bertz CT molecular complexity index is 1390. The lowest BCUT2D eigenvalue weighted by atomic mass is 10.1. The molecule has 2 N–H and O–H groups in total. The van der Waals surface area contributed by atoms with Gasteiger partial charge in [0, 0.05) is 23.4 Å². The lowest BCUT2D eigenvalue weighted by Gasteiger charge is -2.02. The molecule has 0 saturated heterocycles. The highest BCUT2D eigenvalue weighted by Gasteiger charge is 2.14. The maximum absolute atomic E-state index is 5.97. The molecule has 0 aliphatic carbocycles. The SMILES string of the molecule is CCCCCCCNc1nc2c(CCCCCSc3nc(-c4ccccc4)c(-c4ccccc4)[nH]3)cccc2o1. The minimum atomic E-state index is 0.650. The van der Waals surface area contributed by atoms with Gasteiger partial charge in [-0.1, -0.05) is 124 Å². The van der Waals surface area contributed by atoms with Gasteiger partial charge in [0.05, 0.1) is 11.4 Å². The van der Waals surface area contributed by atoms with Crippen LogP contribution in [-0.2, 0) is 6.42 Å². The molecular weight excluding hydrogens is 512 g/mol. The number of nitrogens with zero attached hydrogens (tertiary/aromatic N) is 2. The molecule has 2 aromatic heterocycles. The molecule has 0 unspecified atom stereocenters. The summed E-state index contributed by atoms with van der Waals surface area (Å²) in [6.45, 7) is 3.16. The van der Waals surface area contributed by atoms with E-state index in [4.69, 9.17) is 14.4 Å². The second-order valence-corrected chi connectivity index (χ2v) is 11.4. The van der Waals surface area contributed by atoms with Crippen molar-refractivity contribution in [2.75, 3.05) is 17.6 Å². The Morgan fingerprint density at radius 3 is 2.30 bits per heavy atom. The number of nitrogens with one attached hydrogen (secondary N) is 2. The molecule has 3 aromatic carbocycles. The molecule has 0 bridgehead atoms. The van der Waals surface area contributed by atoms with Crippen molar-refractivity contribution in [3.05, 3.63) is 84.4 Å². The van der Waals surface area contributed by atoms with Crippen LogP contribution in [0.4, 0.5) is 6.01 Å². The number of hydrogen-bond donors (Lipinski definition) is 2. The number of anilines is 1. The zero-order valence-electron chi connectivity index (χ0n) is 23.5. The van der Waals surface area contributed by atoms with Crippen molar-refractivity contribution < 1.29 is 4.42 Å². The Hall–Kier alpha value is -3.51. The molecule has 0 aliphatic heterocycles. The van der Waals surface area contributed by atoms with Crippen LogP contribution in [0.25, 0.3) is 33.6 Å². The minimum absolute atomic E-state index is 0.650. The summed E-state index contributed by atoms with van der Waals surface area (Å²) < 4.78 is 5.97. The molecule has 0 saturated carbocycles. The zero-order valence-corrected chi connectivity index (χ0v) is 24.3. The zero-order chi connectivity index (χ0) is 27.4. The van der Waals surface area contributed by atoms with E-state index in [1.165, 1.54) is 37.7 Å². The van der Waals surface area contributed by atoms with E-state index in [1.54, 1.807) is 0 Å². The van der Waals surface area contributed by atoms with Crippen LogP contribution in [0.15, 0.2) is 88.4 Å². The summed E-state index contributed by atoms with van der Waals surface area (Å²) in [4.78, 5) is 13.3. The molecule has 2 heterocycles. The Kier molecular flexibility index (Phi) is 10.3. The van der Waals surface area contributed by atoms with Gasteiger partial charge < -0.3 is 14.7 Å². The standard InChI is InChI=1S/C34H40N4OS/c1-2-3-4-5-14-24-35-33-36-30-26(22-16-23-29(30)39-33)17-13-8-15-25-40-34-37-31(27-18-9-6-10-19-27)32(38-34)28-20-11-7-12-21-28/h6-7,9-12,16,18-23H,2-5,8,13-15,17,24-25H2,1H3,(H,35,36)(H,37,38). The fourth-order valence-corrected chi connectivity index (χ4v) is 5.88. The first-order valence-electron chi connectivity index (χ1n) is 14.8. The number of benzene rings is 3. The number of hydrogen-bond acceptors (Lipinski definition) is 5. The van der Waals surface area contributed by atoms with Crippen molar-refractivity contribution in [3.63, 3.8) is 0 Å². The van der Waals surface area contributed by atoms with Crippen molar-refractivity contribution in [2.45, 2.75) is 69.9 Å². The van der Waals surface area contributed by atoms with Crippen LogP contribution in [-0.4, -0.2) is 27.2 Å². The first-order chi connectivity index (χ1) is 19.8. The van der Waals surface area contributed by atoms with E-state index in [9.17, 15) is 0 Å². The molecule has 5 aromatic rings. The lowest BCUT2D eigenvalue weighted by molar-refractivity contribution is 0.601. The van der Waals surface area contributed by atoms with Crippen LogP contribution < -0.4 is 5.32 Å². The number of H-pyrrole nitrogens is 1. The van der Waals surface area contributed by atoms with Gasteiger partial charge in [-0.05, 0) is 37.3 Å². The van der Waals surface area contributed by atoms with Crippen molar-refractivity contribution in [1.29, 1.82) is 0 Å². The van der Waals surface area contributed by atoms with Gasteiger partial charge in [0.25, 0.3) is 6.01 Å². The molecule has 5 nitrogen and oxygen atoms in total. The number of aromatic amines is 1. The van der Waals surface area contributed by atoms with Gasteiger partial charge >= 0.3 is 0 Å². The predicted molar refractivity (Wildman–Crippen MR) is 169 cm³/mol. The van der Waals surface area contributed by atoms with E-state index in [2.05, 4.69) is 77.9 Å². The van der Waals surface area contributed by atoms with Gasteiger partial charge in [0.2, 0.25) is 0 Å². The van der Waals surface area contributed by atoms with Gasteiger partial charge in [-0.25, -0.2) is 4.98 Å². The van der Waals surface area contributed by atoms with Crippen LogP contribution in [0.3, 0.4) is 0 Å². The molecule has 40 heavy (non-hydrogen) atoms. The summed E-state index contributed by atoms with van der Waals surface area (Å²) in [5.74, 6) is 1.04. The van der Waals surface area contributed by atoms with Crippen molar-refractivity contribution in [1.82, 2.24) is 15.0 Å². The van der Waals surface area contributed by atoms with E-state index in [0.29, 0.717) is 6.01 Å². The normalized spacial score (nSPS) is 11.3. The van der Waals surface area contributed by atoms with E-state index in [0.717, 1.165) is 76.8 Å². The quantitative estimate of drug-likeness (QED) is 0.0942. The lowest BCUT2D eigenvalue weighted by Crippen LogP contribution is -2.01. The summed E-state index contributed by atoms with van der Waals surface area (Å²) in [6, 6.07) is 27.8. The van der Waals surface area contributed by atoms with Gasteiger partial charge in [-0.2, -0.15) is 4.98 Å². The largest absolute Gasteiger partial charge is 0.424 e. The monoisotopic (exact) mass is 552 g/mol. The highest BCUT2D eigenvalue weighted by molar-refractivity contribution is 7.99. The number of rotatable bonds is 16. The van der Waals surface area contributed by atoms with Gasteiger partial charge in [0.15, 0.2) is 10.7 Å². The Labute approximate surface area is 242 Å². The first kappa shape index (κ1) is 28.0. The number of aromatic nitrogens is 3. The average molecular weight is 553 g/mol. The summed E-state index contributed by atoms with van der Waals surface area (Å²) >= 11 is 1.81. The highest BCUT2D eigenvalue weighted by atomic mass is 32.2. The van der Waals surface area contributed by atoms with Crippen molar-refractivity contribution in [2.24, 2.45) is 0 Å². The fraction of sp³-hybridized carbons (Fsp3) is 0.353. The predicted octanol–water partition coefficient (Wildman–Crippen LogP) is 9.77. The summed E-state index contributed by atoms with van der Waals surface area (Å²) in [6.07, 6.45) is 10.8. The topological polar surface area (TPSA) is 66.7 Å². The fourth-order valence-electron chi connectivity index (χ4n) is 5.01. The number of para-hydroxylation sites is 1. The maximum Gasteiger partial charge on any atom is 0.295 e. The number of oxazole rings is 1. The molecule has 0 radical (unpaired) electrons. The van der Waals surface area contributed by atoms with Gasteiger partial charge in [-0.15, -0.1) is 0 Å². The number of thioether (sulfide) groups is 1. The Morgan fingerprint density at radius 1 is 0.750 bits per heavy atom. The number of unbranched alkanes of at least 4 members (excludes halogenated alkanes) is 6. The molecule has 6 heteroatoms. The summed E-state index contributed by atoms with van der Waals surface area (Å²) in [5.41, 5.74) is 7.55. The number of fused-ring (bicyclic) bond motifs is 1. The molecule has 0 amide bonds. The average Bonchev–Trinajstić information content (AvgIpc) is 3.62. The minimum Gasteiger partial charge on any atom is -0.424 e. The van der Waals surface area contributed by atoms with Gasteiger partial charge in [0.1, 0.15) is 5.52 Å². The molecule has 208 valence electrons. The molecule has 0 aliphatic rings. The smallest absolute Gasteiger partial charge is 0.295 e. The highest BCUT2D eigenvalue weighted by Crippen LogP contribution is 2.33. The van der Waals surface area contributed by atoms with Crippen LogP contribution in [0.1, 0.15) is 63.9 Å². The second-order valence-electron chi connectivity index (χ2n) is 10.3. The number of imidazole rings is 1. The van der Waals surface area contributed by atoms with Gasteiger partial charge in [-0.3, -0.25) is 0 Å². The van der Waals surface area contributed by atoms with Crippen molar-refractivity contribution in [3.8, 4) is 22.5 Å². The number of aryl methyl sites for hydroxylation is 1. The third kappa shape index (κ3) is 7.57. The molecule has 0 atom stereocenters. The van der Waals surface area contributed by atoms with E-state index >= 15 is 0 Å². The Balaban J connectivity index is 1.10. The third-order valence-corrected chi connectivity index (χ3v) is 8.14. The molecule has 0 fully saturated rings. The molecular formula is C34H40N4OS. The van der Waals surface area contributed by atoms with Crippen LogP contribution in [0, 0.1) is 0 Å². The van der Waals surface area contributed by atoms with E-state index in [-0.39, 0.29) is 0 Å². The van der Waals surface area contributed by atoms with Crippen LogP contribution in [0.2, 0.25) is 0 Å². The molecule has 0 spiro atoms. The second kappa shape index (κ2) is 14.8.